The third-order valence-corrected chi connectivity index (χ3v) is 5.26. The van der Waals surface area contributed by atoms with E-state index in [1.165, 1.54) is 11.7 Å². The number of nitrogens with zero attached hydrogens (tertiary/aromatic N) is 1. The van der Waals surface area contributed by atoms with E-state index >= 15 is 0 Å². The summed E-state index contributed by atoms with van der Waals surface area (Å²) in [6, 6.07) is 11.2. The molecule has 0 amide bonds. The van der Waals surface area contributed by atoms with Gasteiger partial charge in [0.15, 0.2) is 5.78 Å². The highest BCUT2D eigenvalue weighted by Crippen LogP contribution is 2.31. The van der Waals surface area contributed by atoms with Gasteiger partial charge in [0.05, 0.1) is 12.6 Å². The predicted molar refractivity (Wildman–Crippen MR) is 135 cm³/mol. The highest BCUT2D eigenvalue weighted by Gasteiger charge is 2.35. The molecular weight excluding hydrogens is 474 g/mol. The van der Waals surface area contributed by atoms with E-state index in [0.29, 0.717) is 38.5 Å². The van der Waals surface area contributed by atoms with Gasteiger partial charge in [-0.3, -0.25) is 23.7 Å². The Morgan fingerprint density at radius 1 is 0.943 bits per heavy atom. The summed E-state index contributed by atoms with van der Waals surface area (Å²) in [6.07, 6.45) is -0.473. The molecule has 0 unspecified atom stereocenters. The fourth-order valence-electron chi connectivity index (χ4n) is 3.45. The van der Waals surface area contributed by atoms with Crippen molar-refractivity contribution in [2.24, 2.45) is 5.92 Å². The number of rotatable bonds is 7. The first-order valence-electron chi connectivity index (χ1n) is 11.1. The van der Waals surface area contributed by atoms with Crippen LogP contribution in [0.3, 0.4) is 0 Å². The number of carboxylic acid groups (broad SMARTS) is 2. The van der Waals surface area contributed by atoms with Crippen molar-refractivity contribution in [3.05, 3.63) is 64.3 Å². The van der Waals surface area contributed by atoms with Crippen LogP contribution in [0, 0.1) is 12.8 Å². The number of carbonyl (C=O) groups excluding carboxylic acids is 2. The molecule has 35 heavy (non-hydrogen) atoms. The van der Waals surface area contributed by atoms with Crippen LogP contribution in [0.5, 0.6) is 5.75 Å². The lowest BCUT2D eigenvalue weighted by Crippen LogP contribution is -2.32. The van der Waals surface area contributed by atoms with E-state index < -0.39 is 30.1 Å². The van der Waals surface area contributed by atoms with Gasteiger partial charge in [0, 0.05) is 28.1 Å². The lowest BCUT2D eigenvalue weighted by molar-refractivity contribution is -0.157. The van der Waals surface area contributed by atoms with Crippen LogP contribution in [0.4, 0.5) is 0 Å². The number of Topliss-reactive ketones (excluding diaryl/α,β-unsaturated/α-hetero) is 1. The molecule has 1 heterocycles. The van der Waals surface area contributed by atoms with Gasteiger partial charge in [0.1, 0.15) is 5.75 Å². The number of halogens is 1. The number of ketones is 1. The summed E-state index contributed by atoms with van der Waals surface area (Å²) in [5.41, 5.74) is 1.58. The van der Waals surface area contributed by atoms with E-state index in [0.717, 1.165) is 0 Å². The maximum atomic E-state index is 13.2. The maximum Gasteiger partial charge on any atom is 0.325 e. The van der Waals surface area contributed by atoms with Gasteiger partial charge in [-0.15, -0.1) is 0 Å². The van der Waals surface area contributed by atoms with Gasteiger partial charge >= 0.3 is 11.9 Å². The number of hydrogen-bond acceptors (Lipinski definition) is 5. The van der Waals surface area contributed by atoms with Crippen LogP contribution in [0.2, 0.25) is 5.02 Å². The zero-order valence-corrected chi connectivity index (χ0v) is 21.3. The van der Waals surface area contributed by atoms with Crippen molar-refractivity contribution in [1.82, 2.24) is 4.57 Å². The molecule has 3 rings (SSSR count). The number of carboxylic acids is 2. The molecule has 0 saturated heterocycles. The van der Waals surface area contributed by atoms with Crippen LogP contribution in [0.25, 0.3) is 10.9 Å². The van der Waals surface area contributed by atoms with E-state index in [4.69, 9.17) is 26.6 Å². The Morgan fingerprint density at radius 2 is 1.49 bits per heavy atom. The Kier molecular flexibility index (Phi) is 11.2. The smallest absolute Gasteiger partial charge is 0.325 e. The molecule has 188 valence electrons. The van der Waals surface area contributed by atoms with Crippen LogP contribution in [0.1, 0.15) is 49.3 Å². The Labute approximate surface area is 209 Å². The topological polar surface area (TPSA) is 123 Å². The molecule has 0 aliphatic rings. The summed E-state index contributed by atoms with van der Waals surface area (Å²) < 4.78 is 6.63. The molecule has 9 heteroatoms. The van der Waals surface area contributed by atoms with E-state index in [9.17, 15) is 19.2 Å². The van der Waals surface area contributed by atoms with E-state index in [1.807, 2.05) is 27.7 Å². The number of carbonyl (C=O) groups is 4. The molecule has 0 aliphatic carbocycles. The van der Waals surface area contributed by atoms with Gasteiger partial charge in [0.25, 0.3) is 5.91 Å². The van der Waals surface area contributed by atoms with Crippen molar-refractivity contribution >= 4 is 46.1 Å². The van der Waals surface area contributed by atoms with E-state index in [2.05, 4.69) is 0 Å². The van der Waals surface area contributed by atoms with E-state index in [1.54, 1.807) is 49.4 Å². The molecule has 2 N–H and O–H groups in total. The summed E-state index contributed by atoms with van der Waals surface area (Å²) in [4.78, 5) is 48.3. The number of aromatic nitrogens is 1. The molecule has 3 aromatic rings. The minimum absolute atomic E-state index is 0.354. The molecule has 0 aliphatic heterocycles. The second kappa shape index (κ2) is 13.3. The van der Waals surface area contributed by atoms with Crippen molar-refractivity contribution in [3.63, 3.8) is 0 Å². The molecule has 0 fully saturated rings. The van der Waals surface area contributed by atoms with Gasteiger partial charge in [-0.25, -0.2) is 0 Å². The Balaban J connectivity index is 0.00000145. The zero-order chi connectivity index (χ0) is 26.9. The molecule has 0 atom stereocenters. The molecule has 0 radical (unpaired) electrons. The van der Waals surface area contributed by atoms with Crippen LogP contribution >= 0.6 is 11.6 Å². The summed E-state index contributed by atoms with van der Waals surface area (Å²) in [5.74, 6) is -6.59. The molecule has 1 aromatic heterocycles. The monoisotopic (exact) mass is 503 g/mol. The van der Waals surface area contributed by atoms with Gasteiger partial charge < -0.3 is 14.9 Å². The number of fused-ring (bicyclic) bond motifs is 1. The molecule has 8 nitrogen and oxygen atoms in total. The first-order valence-corrected chi connectivity index (χ1v) is 11.5. The average molecular weight is 504 g/mol. The lowest BCUT2D eigenvalue weighted by Gasteiger charge is -2.09. The fraction of sp³-hybridized carbons (Fsp3) is 0.308. The summed E-state index contributed by atoms with van der Waals surface area (Å²) in [7, 11) is 1.46. The van der Waals surface area contributed by atoms with Gasteiger partial charge in [0.2, 0.25) is 5.92 Å². The van der Waals surface area contributed by atoms with Crippen molar-refractivity contribution in [1.29, 1.82) is 0 Å². The van der Waals surface area contributed by atoms with Crippen LogP contribution in [-0.2, 0) is 20.8 Å². The number of methoxy groups -OCH3 is 1. The first-order chi connectivity index (χ1) is 16.6. The third-order valence-electron chi connectivity index (χ3n) is 5.00. The second-order valence-electron chi connectivity index (χ2n) is 6.85. The first kappa shape index (κ1) is 29.4. The average Bonchev–Trinajstić information content (AvgIpc) is 3.11. The molecule has 2 aromatic carbocycles. The van der Waals surface area contributed by atoms with Crippen molar-refractivity contribution in [2.75, 3.05) is 7.11 Å². The largest absolute Gasteiger partial charge is 0.497 e. The SMILES string of the molecule is CC.CC.COc1ccc2c(c1)c(CC(=O)C(C(=O)O)C(=O)O)c(C)n2C(=O)c1ccc(Cl)cc1. The summed E-state index contributed by atoms with van der Waals surface area (Å²) in [5, 5.41) is 19.2. The maximum absolute atomic E-state index is 13.2. The lowest BCUT2D eigenvalue weighted by atomic mass is 9.96. The van der Waals surface area contributed by atoms with Crippen LogP contribution in [-0.4, -0.2) is 45.5 Å². The van der Waals surface area contributed by atoms with Gasteiger partial charge in [-0.1, -0.05) is 39.3 Å². The molecule has 0 spiro atoms. The van der Waals surface area contributed by atoms with Crippen molar-refractivity contribution in [3.8, 4) is 5.75 Å². The number of hydrogen-bond donors (Lipinski definition) is 2. The highest BCUT2D eigenvalue weighted by atomic mass is 35.5. The molecular formula is C26H30ClNO7. The third kappa shape index (κ3) is 6.48. The Hall–Kier alpha value is -3.65. The van der Waals surface area contributed by atoms with Crippen molar-refractivity contribution < 1.29 is 34.1 Å². The second-order valence-corrected chi connectivity index (χ2v) is 7.28. The number of ether oxygens (including phenoxy) is 1. The Bertz CT molecular complexity index is 1200. The highest BCUT2D eigenvalue weighted by molar-refractivity contribution is 6.30. The normalized spacial score (nSPS) is 10.1. The minimum Gasteiger partial charge on any atom is -0.497 e. The number of benzene rings is 2. The van der Waals surface area contributed by atoms with Gasteiger partial charge in [-0.05, 0) is 55.0 Å². The zero-order valence-electron chi connectivity index (χ0n) is 20.6. The summed E-state index contributed by atoms with van der Waals surface area (Å²) >= 11 is 5.90. The molecule has 0 bridgehead atoms. The van der Waals surface area contributed by atoms with Crippen LogP contribution in [0.15, 0.2) is 42.5 Å². The standard InChI is InChI=1S/C22H18ClNO7.2C2H6/c1-11-15(10-18(25)19(21(27)28)22(29)30)16-9-14(31-2)7-8-17(16)24(11)20(26)12-3-5-13(23)6-4-12;2*1-2/h3-9,19H,10H2,1-2H3,(H,27,28)(H,29,30);2*1-2H3. The van der Waals surface area contributed by atoms with Crippen molar-refractivity contribution in [2.45, 2.75) is 41.0 Å². The van der Waals surface area contributed by atoms with Crippen LogP contribution < -0.4 is 4.74 Å². The summed E-state index contributed by atoms with van der Waals surface area (Å²) in [6.45, 7) is 9.61. The predicted octanol–water partition coefficient (Wildman–Crippen LogP) is 5.25. The fourth-order valence-corrected chi connectivity index (χ4v) is 3.58. The van der Waals surface area contributed by atoms with E-state index in [-0.39, 0.29) is 5.91 Å². The number of aliphatic carboxylic acids is 2. The van der Waals surface area contributed by atoms with Gasteiger partial charge in [-0.2, -0.15) is 0 Å². The minimum atomic E-state index is -2.20. The quantitative estimate of drug-likeness (QED) is 0.422. The Morgan fingerprint density at radius 3 is 1.97 bits per heavy atom. The molecule has 0 saturated carbocycles.